The number of para-hydroxylation sites is 2. The summed E-state index contributed by atoms with van der Waals surface area (Å²) >= 11 is 0. The summed E-state index contributed by atoms with van der Waals surface area (Å²) in [6.07, 6.45) is 5.51. The first-order valence-corrected chi connectivity index (χ1v) is 9.25. The lowest BCUT2D eigenvalue weighted by Gasteiger charge is -2.26. The van der Waals surface area contributed by atoms with Gasteiger partial charge in [0.2, 0.25) is 0 Å². The van der Waals surface area contributed by atoms with Crippen LogP contribution in [0.2, 0.25) is 0 Å². The van der Waals surface area contributed by atoms with Crippen LogP contribution in [0.5, 0.6) is 0 Å². The number of nitrogens with zero attached hydrogens (tertiary/aromatic N) is 4. The summed E-state index contributed by atoms with van der Waals surface area (Å²) in [7, 11) is 0. The minimum atomic E-state index is 0.631. The van der Waals surface area contributed by atoms with Crippen LogP contribution < -0.4 is 4.90 Å². The molecular formula is C24H18N4. The van der Waals surface area contributed by atoms with E-state index in [1.54, 1.807) is 0 Å². The molecule has 0 aliphatic rings. The summed E-state index contributed by atoms with van der Waals surface area (Å²) in [5.74, 6) is 0. The first-order valence-electron chi connectivity index (χ1n) is 9.25. The molecule has 0 fully saturated rings. The quantitative estimate of drug-likeness (QED) is 0.422. The molecule has 0 radical (unpaired) electrons. The number of anilines is 2. The van der Waals surface area contributed by atoms with Gasteiger partial charge in [0.1, 0.15) is 0 Å². The highest BCUT2D eigenvalue weighted by molar-refractivity contribution is 5.98. The zero-order valence-corrected chi connectivity index (χ0v) is 15.2. The van der Waals surface area contributed by atoms with Crippen molar-refractivity contribution in [3.05, 3.63) is 103 Å². The highest BCUT2D eigenvalue weighted by Gasteiger charge is 2.17. The molecule has 28 heavy (non-hydrogen) atoms. The zero-order valence-electron chi connectivity index (χ0n) is 15.2. The largest absolute Gasteiger partial charge is 0.332 e. The predicted octanol–water partition coefficient (Wildman–Crippen LogP) is 5.52. The van der Waals surface area contributed by atoms with E-state index < -0.39 is 0 Å². The van der Waals surface area contributed by atoms with Crippen LogP contribution in [0, 0.1) is 0 Å². The van der Waals surface area contributed by atoms with E-state index in [1.807, 2.05) is 48.9 Å². The second-order valence-electron chi connectivity index (χ2n) is 6.61. The molecule has 0 amide bonds. The molecule has 0 saturated heterocycles. The number of rotatable bonds is 4. The molecule has 5 aromatic rings. The number of fused-ring (bicyclic) bond motifs is 2. The van der Waals surface area contributed by atoms with Crippen molar-refractivity contribution in [1.29, 1.82) is 0 Å². The first-order chi connectivity index (χ1) is 13.9. The Morgan fingerprint density at radius 3 is 1.68 bits per heavy atom. The summed E-state index contributed by atoms with van der Waals surface area (Å²) in [4.78, 5) is 16.1. The van der Waals surface area contributed by atoms with Gasteiger partial charge in [0.15, 0.2) is 0 Å². The molecule has 0 aliphatic carbocycles. The van der Waals surface area contributed by atoms with Gasteiger partial charge in [-0.2, -0.15) is 0 Å². The number of hydrogen-bond acceptors (Lipinski definition) is 4. The topological polar surface area (TPSA) is 41.9 Å². The zero-order chi connectivity index (χ0) is 18.8. The third-order valence-corrected chi connectivity index (χ3v) is 4.85. The van der Waals surface area contributed by atoms with Crippen molar-refractivity contribution in [3.8, 4) is 0 Å². The van der Waals surface area contributed by atoms with Gasteiger partial charge in [-0.15, -0.1) is 0 Å². The molecule has 0 aliphatic heterocycles. The molecule has 0 unspecified atom stereocenters. The Hall–Kier alpha value is -3.79. The number of benzene rings is 2. The number of pyridine rings is 3. The molecule has 0 bridgehead atoms. The predicted molar refractivity (Wildman–Crippen MR) is 114 cm³/mol. The smallest absolute Gasteiger partial charge is 0.0938 e. The third-order valence-electron chi connectivity index (χ3n) is 4.85. The van der Waals surface area contributed by atoms with E-state index in [9.17, 15) is 0 Å². The summed E-state index contributed by atoms with van der Waals surface area (Å²) in [6.45, 7) is 0.631. The molecule has 4 nitrogen and oxygen atoms in total. The van der Waals surface area contributed by atoms with Crippen molar-refractivity contribution in [2.45, 2.75) is 6.54 Å². The Kier molecular flexibility index (Phi) is 4.14. The maximum Gasteiger partial charge on any atom is 0.0938 e. The molecule has 3 heterocycles. The van der Waals surface area contributed by atoms with Crippen LogP contribution in [0.3, 0.4) is 0 Å². The standard InChI is InChI=1S/C24H18N4/c1-2-14-25-20(11-1)17-28(21-12-3-7-18-9-5-15-26-23(18)21)22-13-4-8-19-10-6-16-27-24(19)22/h1-16H,17H2. The van der Waals surface area contributed by atoms with Crippen molar-refractivity contribution in [3.63, 3.8) is 0 Å². The molecule has 134 valence electrons. The van der Waals surface area contributed by atoms with Gasteiger partial charge in [-0.3, -0.25) is 15.0 Å². The van der Waals surface area contributed by atoms with E-state index in [0.717, 1.165) is 38.9 Å². The fourth-order valence-electron chi connectivity index (χ4n) is 3.57. The molecule has 2 aromatic carbocycles. The van der Waals surface area contributed by atoms with Crippen molar-refractivity contribution in [2.75, 3.05) is 4.90 Å². The Bertz CT molecular complexity index is 1160. The molecule has 5 rings (SSSR count). The first kappa shape index (κ1) is 16.4. The van der Waals surface area contributed by atoms with Gasteiger partial charge in [-0.1, -0.05) is 42.5 Å². The van der Waals surface area contributed by atoms with Crippen LogP contribution in [0.15, 0.2) is 97.5 Å². The Balaban J connectivity index is 1.75. The van der Waals surface area contributed by atoms with Crippen LogP contribution in [0.1, 0.15) is 5.69 Å². The van der Waals surface area contributed by atoms with Crippen molar-refractivity contribution < 1.29 is 0 Å². The molecular weight excluding hydrogens is 344 g/mol. The average Bonchev–Trinajstić information content (AvgIpc) is 2.78. The maximum absolute atomic E-state index is 4.67. The highest BCUT2D eigenvalue weighted by atomic mass is 15.2. The van der Waals surface area contributed by atoms with Crippen molar-refractivity contribution in [1.82, 2.24) is 15.0 Å². The van der Waals surface area contributed by atoms with Crippen LogP contribution in [-0.4, -0.2) is 15.0 Å². The summed E-state index contributed by atoms with van der Waals surface area (Å²) in [5.41, 5.74) is 5.01. The maximum atomic E-state index is 4.67. The van der Waals surface area contributed by atoms with Crippen molar-refractivity contribution in [2.24, 2.45) is 0 Å². The SMILES string of the molecule is c1ccc(CN(c2cccc3cccnc23)c2cccc3cccnc23)nc1. The Morgan fingerprint density at radius 1 is 0.536 bits per heavy atom. The van der Waals surface area contributed by atoms with Gasteiger partial charge in [0.25, 0.3) is 0 Å². The van der Waals surface area contributed by atoms with Crippen LogP contribution in [0.4, 0.5) is 11.4 Å². The fourth-order valence-corrected chi connectivity index (χ4v) is 3.57. The van der Waals surface area contributed by atoms with E-state index in [0.29, 0.717) is 6.54 Å². The number of hydrogen-bond donors (Lipinski definition) is 0. The second kappa shape index (κ2) is 7.08. The monoisotopic (exact) mass is 362 g/mol. The summed E-state index contributed by atoms with van der Waals surface area (Å²) in [6, 6.07) is 26.7. The Morgan fingerprint density at radius 2 is 1.11 bits per heavy atom. The lowest BCUT2D eigenvalue weighted by atomic mass is 10.1. The molecule has 0 N–H and O–H groups in total. The van der Waals surface area contributed by atoms with E-state index in [4.69, 9.17) is 0 Å². The van der Waals surface area contributed by atoms with Gasteiger partial charge < -0.3 is 4.90 Å². The molecule has 0 spiro atoms. The molecule has 0 atom stereocenters. The molecule has 3 aromatic heterocycles. The Labute approximate surface area is 163 Å². The highest BCUT2D eigenvalue weighted by Crippen LogP contribution is 2.35. The van der Waals surface area contributed by atoms with E-state index >= 15 is 0 Å². The van der Waals surface area contributed by atoms with E-state index in [1.165, 1.54) is 0 Å². The summed E-state index contributed by atoms with van der Waals surface area (Å²) in [5, 5.41) is 2.22. The van der Waals surface area contributed by atoms with Gasteiger partial charge in [-0.05, 0) is 36.4 Å². The fraction of sp³-hybridized carbons (Fsp3) is 0.0417. The van der Waals surface area contributed by atoms with Crippen molar-refractivity contribution >= 4 is 33.2 Å². The molecule has 0 saturated carbocycles. The summed E-state index contributed by atoms with van der Waals surface area (Å²) < 4.78 is 0. The average molecular weight is 362 g/mol. The van der Waals surface area contributed by atoms with E-state index in [2.05, 4.69) is 68.4 Å². The van der Waals surface area contributed by atoms with Gasteiger partial charge in [0.05, 0.1) is 34.6 Å². The minimum Gasteiger partial charge on any atom is -0.332 e. The lowest BCUT2D eigenvalue weighted by Crippen LogP contribution is -2.18. The molecule has 4 heteroatoms. The van der Waals surface area contributed by atoms with Crippen LogP contribution in [-0.2, 0) is 6.54 Å². The van der Waals surface area contributed by atoms with Gasteiger partial charge in [0, 0.05) is 29.4 Å². The second-order valence-corrected chi connectivity index (χ2v) is 6.61. The van der Waals surface area contributed by atoms with Crippen LogP contribution >= 0.6 is 0 Å². The lowest BCUT2D eigenvalue weighted by molar-refractivity contribution is 0.931. The number of aromatic nitrogens is 3. The van der Waals surface area contributed by atoms with E-state index in [-0.39, 0.29) is 0 Å². The van der Waals surface area contributed by atoms with Gasteiger partial charge in [-0.25, -0.2) is 0 Å². The third kappa shape index (κ3) is 2.95. The van der Waals surface area contributed by atoms with Gasteiger partial charge >= 0.3 is 0 Å². The normalized spacial score (nSPS) is 11.0. The van der Waals surface area contributed by atoms with Crippen LogP contribution in [0.25, 0.3) is 21.8 Å². The minimum absolute atomic E-state index is 0.631.